The van der Waals surface area contributed by atoms with E-state index in [0.717, 1.165) is 18.4 Å². The van der Waals surface area contributed by atoms with E-state index in [9.17, 15) is 4.79 Å². The molecule has 0 bridgehead atoms. The second-order valence-corrected chi connectivity index (χ2v) is 5.85. The number of amides is 1. The molecule has 19 heavy (non-hydrogen) atoms. The predicted molar refractivity (Wildman–Crippen MR) is 76.2 cm³/mol. The molecule has 1 N–H and O–H groups in total. The van der Waals surface area contributed by atoms with Crippen molar-refractivity contribution in [2.24, 2.45) is 0 Å². The zero-order valence-electron chi connectivity index (χ0n) is 11.6. The summed E-state index contributed by atoms with van der Waals surface area (Å²) in [4.78, 5) is 12.1. The maximum atomic E-state index is 12.1. The number of carbonyl (C=O) groups is 1. The predicted octanol–water partition coefficient (Wildman–Crippen LogP) is 3.26. The molecule has 1 aliphatic rings. The molecule has 1 atom stereocenters. The Labute approximate surface area is 119 Å². The molecular formula is C15H20ClNO2. The average Bonchev–Trinajstić information content (AvgIpc) is 3.09. The number of carbonyl (C=O) groups excluding carboxylic acids is 1. The number of rotatable bonds is 5. The smallest absolute Gasteiger partial charge is 0.249 e. The summed E-state index contributed by atoms with van der Waals surface area (Å²) >= 11 is 6.01. The van der Waals surface area contributed by atoms with Gasteiger partial charge < -0.3 is 10.1 Å². The van der Waals surface area contributed by atoms with Crippen molar-refractivity contribution in [2.75, 3.05) is 0 Å². The molecule has 1 saturated carbocycles. The summed E-state index contributed by atoms with van der Waals surface area (Å²) in [6.45, 7) is 5.63. The highest BCUT2D eigenvalue weighted by Gasteiger charge is 2.46. The molecule has 0 spiro atoms. The zero-order chi connectivity index (χ0) is 14.0. The van der Waals surface area contributed by atoms with Gasteiger partial charge in [-0.3, -0.25) is 4.79 Å². The van der Waals surface area contributed by atoms with Crippen LogP contribution in [0.2, 0.25) is 5.02 Å². The first kappa shape index (κ1) is 14.4. The lowest BCUT2D eigenvalue weighted by Crippen LogP contribution is -2.42. The fraction of sp³-hybridized carbons (Fsp3) is 0.533. The normalized spacial score (nSPS) is 18.2. The van der Waals surface area contributed by atoms with E-state index in [1.54, 1.807) is 6.92 Å². The Kier molecular flexibility index (Phi) is 4.16. The van der Waals surface area contributed by atoms with Crippen molar-refractivity contribution < 1.29 is 9.53 Å². The van der Waals surface area contributed by atoms with Crippen LogP contribution in [0, 0.1) is 0 Å². The molecular weight excluding hydrogens is 262 g/mol. The van der Waals surface area contributed by atoms with E-state index in [4.69, 9.17) is 16.3 Å². The Morgan fingerprint density at radius 1 is 1.37 bits per heavy atom. The molecule has 1 fully saturated rings. The lowest BCUT2D eigenvalue weighted by atomic mass is 10.0. The van der Waals surface area contributed by atoms with Crippen LogP contribution in [-0.2, 0) is 15.1 Å². The number of hydrogen-bond donors (Lipinski definition) is 1. The summed E-state index contributed by atoms with van der Waals surface area (Å²) in [5.74, 6) is -0.0637. The molecule has 104 valence electrons. The third kappa shape index (κ3) is 3.48. The quantitative estimate of drug-likeness (QED) is 0.900. The highest BCUT2D eigenvalue weighted by Crippen LogP contribution is 2.46. The number of hydrogen-bond acceptors (Lipinski definition) is 2. The molecule has 4 heteroatoms. The topological polar surface area (TPSA) is 38.3 Å². The maximum absolute atomic E-state index is 12.1. The van der Waals surface area contributed by atoms with E-state index in [1.165, 1.54) is 0 Å². The van der Waals surface area contributed by atoms with Crippen LogP contribution in [0.15, 0.2) is 24.3 Å². The first-order valence-corrected chi connectivity index (χ1v) is 7.04. The Morgan fingerprint density at radius 3 is 2.58 bits per heavy atom. The Morgan fingerprint density at radius 2 is 2.05 bits per heavy atom. The molecule has 0 aromatic heterocycles. The van der Waals surface area contributed by atoms with Crippen LogP contribution in [0.4, 0.5) is 0 Å². The summed E-state index contributed by atoms with van der Waals surface area (Å²) in [5.41, 5.74) is 0.835. The van der Waals surface area contributed by atoms with Crippen LogP contribution in [-0.4, -0.2) is 18.1 Å². The number of nitrogens with one attached hydrogen (secondary N) is 1. The first-order valence-electron chi connectivity index (χ1n) is 6.66. The monoisotopic (exact) mass is 281 g/mol. The van der Waals surface area contributed by atoms with Crippen molar-refractivity contribution >= 4 is 17.5 Å². The fourth-order valence-electron chi connectivity index (χ4n) is 2.20. The van der Waals surface area contributed by atoms with Crippen LogP contribution in [0.3, 0.4) is 0 Å². The van der Waals surface area contributed by atoms with Crippen molar-refractivity contribution in [3.63, 3.8) is 0 Å². The van der Waals surface area contributed by atoms with Crippen LogP contribution >= 0.6 is 11.6 Å². The Balaban J connectivity index is 2.04. The maximum Gasteiger partial charge on any atom is 0.249 e. The Hall–Kier alpha value is -1.06. The van der Waals surface area contributed by atoms with Gasteiger partial charge in [0.1, 0.15) is 6.10 Å². The van der Waals surface area contributed by atoms with Crippen molar-refractivity contribution in [2.45, 2.75) is 51.4 Å². The SMILES string of the molecule is CC(C)O[C@@H](C)C(=O)NC1(c2cccc(Cl)c2)CC1. The fourth-order valence-corrected chi connectivity index (χ4v) is 2.39. The molecule has 0 unspecified atom stereocenters. The van der Waals surface area contributed by atoms with E-state index in [-0.39, 0.29) is 17.6 Å². The van der Waals surface area contributed by atoms with E-state index in [1.807, 2.05) is 38.1 Å². The molecule has 0 radical (unpaired) electrons. The summed E-state index contributed by atoms with van der Waals surface area (Å²) in [6, 6.07) is 7.68. The molecule has 1 aromatic rings. The van der Waals surface area contributed by atoms with Gasteiger partial charge in [0.25, 0.3) is 0 Å². The highest BCUT2D eigenvalue weighted by molar-refractivity contribution is 6.30. The van der Waals surface area contributed by atoms with Gasteiger partial charge >= 0.3 is 0 Å². The summed E-state index contributed by atoms with van der Waals surface area (Å²) in [7, 11) is 0. The van der Waals surface area contributed by atoms with E-state index < -0.39 is 6.10 Å². The highest BCUT2D eigenvalue weighted by atomic mass is 35.5. The van der Waals surface area contributed by atoms with E-state index >= 15 is 0 Å². The summed E-state index contributed by atoms with van der Waals surface area (Å²) in [5, 5.41) is 3.79. The minimum atomic E-state index is -0.434. The molecule has 3 nitrogen and oxygen atoms in total. The van der Waals surface area contributed by atoms with E-state index in [2.05, 4.69) is 5.32 Å². The average molecular weight is 282 g/mol. The lowest BCUT2D eigenvalue weighted by Gasteiger charge is -2.22. The van der Waals surface area contributed by atoms with Gasteiger partial charge in [-0.05, 0) is 51.3 Å². The molecule has 0 aliphatic heterocycles. The van der Waals surface area contributed by atoms with Crippen LogP contribution in [0.1, 0.15) is 39.2 Å². The van der Waals surface area contributed by atoms with Crippen LogP contribution < -0.4 is 5.32 Å². The Bertz CT molecular complexity index is 469. The second-order valence-electron chi connectivity index (χ2n) is 5.41. The van der Waals surface area contributed by atoms with Gasteiger partial charge in [-0.15, -0.1) is 0 Å². The van der Waals surface area contributed by atoms with Crippen LogP contribution in [0.5, 0.6) is 0 Å². The first-order chi connectivity index (χ1) is 8.93. The largest absolute Gasteiger partial charge is 0.366 e. The minimum absolute atomic E-state index is 0.0436. The second kappa shape index (κ2) is 5.51. The van der Waals surface area contributed by atoms with Gasteiger partial charge in [0, 0.05) is 5.02 Å². The van der Waals surface area contributed by atoms with Crippen molar-refractivity contribution in [3.05, 3.63) is 34.9 Å². The molecule has 0 saturated heterocycles. The summed E-state index contributed by atoms with van der Waals surface area (Å²) < 4.78 is 5.51. The molecule has 1 aliphatic carbocycles. The van der Waals surface area contributed by atoms with Crippen molar-refractivity contribution in [1.82, 2.24) is 5.32 Å². The van der Waals surface area contributed by atoms with Crippen molar-refractivity contribution in [3.8, 4) is 0 Å². The minimum Gasteiger partial charge on any atom is -0.366 e. The van der Waals surface area contributed by atoms with Gasteiger partial charge in [-0.25, -0.2) is 0 Å². The van der Waals surface area contributed by atoms with Gasteiger partial charge in [0.15, 0.2) is 0 Å². The standard InChI is InChI=1S/C15H20ClNO2/c1-10(2)19-11(3)14(18)17-15(7-8-15)12-5-4-6-13(16)9-12/h4-6,9-11H,7-8H2,1-3H3,(H,17,18)/t11-/m0/s1. The number of halogens is 1. The third-order valence-corrected chi connectivity index (χ3v) is 3.57. The van der Waals surface area contributed by atoms with Gasteiger partial charge in [0.2, 0.25) is 5.91 Å². The van der Waals surface area contributed by atoms with Gasteiger partial charge in [-0.1, -0.05) is 23.7 Å². The van der Waals surface area contributed by atoms with E-state index in [0.29, 0.717) is 5.02 Å². The third-order valence-electron chi connectivity index (χ3n) is 3.34. The van der Waals surface area contributed by atoms with Gasteiger partial charge in [0.05, 0.1) is 11.6 Å². The summed E-state index contributed by atoms with van der Waals surface area (Å²) in [6.07, 6.45) is 1.51. The molecule has 1 amide bonds. The zero-order valence-corrected chi connectivity index (χ0v) is 12.3. The van der Waals surface area contributed by atoms with Crippen molar-refractivity contribution in [1.29, 1.82) is 0 Å². The van der Waals surface area contributed by atoms with Gasteiger partial charge in [-0.2, -0.15) is 0 Å². The molecule has 2 rings (SSSR count). The number of ether oxygens (including phenoxy) is 1. The van der Waals surface area contributed by atoms with Crippen LogP contribution in [0.25, 0.3) is 0 Å². The lowest BCUT2D eigenvalue weighted by molar-refractivity contribution is -0.135. The number of benzene rings is 1. The molecule has 1 aromatic carbocycles. The molecule has 0 heterocycles.